The second-order valence-corrected chi connectivity index (χ2v) is 16.5. The molecule has 1 amide bonds. The maximum absolute atomic E-state index is 13.7. The second-order valence-electron chi connectivity index (χ2n) is 13.1. The Balaban J connectivity index is 1.42. The SMILES string of the molecule is C=CCC[C@H](Cc1nccs1)S(=O)(=O)NC(=O)c1ccc2c(c1)N(C[C@@H]1CC[C@@H]1[C@@H](O)/C=C/CCC)CCCCc1cc(Cl)ccc1CO2. The van der Waals surface area contributed by atoms with Gasteiger partial charge in [-0.05, 0) is 105 Å². The molecule has 2 aromatic carbocycles. The summed E-state index contributed by atoms with van der Waals surface area (Å²) in [6.45, 7) is 7.62. The summed E-state index contributed by atoms with van der Waals surface area (Å²) in [4.78, 5) is 20.2. The first-order chi connectivity index (χ1) is 23.7. The van der Waals surface area contributed by atoms with E-state index in [9.17, 15) is 18.3 Å². The Labute approximate surface area is 300 Å². The van der Waals surface area contributed by atoms with Crippen LogP contribution in [0.25, 0.3) is 0 Å². The highest BCUT2D eigenvalue weighted by Gasteiger charge is 2.37. The number of aliphatic hydroxyl groups excluding tert-OH is 1. The van der Waals surface area contributed by atoms with Gasteiger partial charge in [-0.25, -0.2) is 18.1 Å². The van der Waals surface area contributed by atoms with Crippen LogP contribution in [0.15, 0.2) is 72.8 Å². The Hall–Kier alpha value is -3.18. The Bertz CT molecular complexity index is 1690. The number of carbonyl (C=O) groups is 1. The van der Waals surface area contributed by atoms with E-state index in [-0.39, 0.29) is 23.8 Å². The fraction of sp³-hybridized carbons (Fsp3) is 0.474. The van der Waals surface area contributed by atoms with E-state index in [1.807, 2.05) is 29.7 Å². The van der Waals surface area contributed by atoms with Crippen molar-refractivity contribution in [3.8, 4) is 5.75 Å². The molecule has 8 nitrogen and oxygen atoms in total. The Kier molecular flexibility index (Phi) is 13.4. The number of rotatable bonds is 14. The van der Waals surface area contributed by atoms with Crippen molar-refractivity contribution in [3.63, 3.8) is 0 Å². The zero-order chi connectivity index (χ0) is 34.8. The summed E-state index contributed by atoms with van der Waals surface area (Å²) in [7, 11) is -4.03. The molecule has 1 aliphatic carbocycles. The number of carbonyl (C=O) groups excluding carboxylic acids is 1. The van der Waals surface area contributed by atoms with Crippen molar-refractivity contribution in [2.45, 2.75) is 89.1 Å². The quantitative estimate of drug-likeness (QED) is 0.163. The van der Waals surface area contributed by atoms with Crippen LogP contribution in [0.1, 0.15) is 84.8 Å². The van der Waals surface area contributed by atoms with Gasteiger partial charge in [0.1, 0.15) is 12.4 Å². The van der Waals surface area contributed by atoms with Crippen molar-refractivity contribution in [1.82, 2.24) is 9.71 Å². The zero-order valence-corrected chi connectivity index (χ0v) is 30.6. The smallest absolute Gasteiger partial charge is 0.264 e. The lowest BCUT2D eigenvalue weighted by atomic mass is 9.70. The van der Waals surface area contributed by atoms with Crippen LogP contribution in [0.5, 0.6) is 5.75 Å². The molecule has 2 aliphatic rings. The van der Waals surface area contributed by atoms with Crippen LogP contribution < -0.4 is 14.4 Å². The number of hydrogen-bond acceptors (Lipinski definition) is 8. The third-order valence-electron chi connectivity index (χ3n) is 9.65. The number of ether oxygens (including phenoxy) is 1. The lowest BCUT2D eigenvalue weighted by Crippen LogP contribution is -2.43. The molecule has 0 unspecified atom stereocenters. The number of amides is 1. The lowest BCUT2D eigenvalue weighted by Gasteiger charge is -2.42. The van der Waals surface area contributed by atoms with Gasteiger partial charge < -0.3 is 14.7 Å². The summed E-state index contributed by atoms with van der Waals surface area (Å²) in [6, 6.07) is 11.0. The van der Waals surface area contributed by atoms with Crippen LogP contribution in [-0.2, 0) is 29.5 Å². The van der Waals surface area contributed by atoms with Gasteiger partial charge >= 0.3 is 0 Å². The lowest BCUT2D eigenvalue weighted by molar-refractivity contribution is 0.0461. The number of sulfonamides is 1. The molecule has 5 rings (SSSR count). The maximum atomic E-state index is 13.7. The maximum Gasteiger partial charge on any atom is 0.264 e. The van der Waals surface area contributed by atoms with Crippen molar-refractivity contribution < 1.29 is 23.1 Å². The fourth-order valence-corrected chi connectivity index (χ4v) is 9.03. The number of aryl methyl sites for hydroxylation is 1. The van der Waals surface area contributed by atoms with Gasteiger partial charge in [0.2, 0.25) is 10.0 Å². The fourth-order valence-electron chi connectivity index (χ4n) is 6.67. The number of thiazole rings is 1. The topological polar surface area (TPSA) is 109 Å². The third-order valence-corrected chi connectivity index (χ3v) is 12.4. The minimum atomic E-state index is -4.03. The van der Waals surface area contributed by atoms with Crippen LogP contribution in [0.2, 0.25) is 5.02 Å². The first kappa shape index (κ1) is 37.1. The number of fused-ring (bicyclic) bond motifs is 2. The predicted octanol–water partition coefficient (Wildman–Crippen LogP) is 7.90. The summed E-state index contributed by atoms with van der Waals surface area (Å²) < 4.78 is 36.0. The molecule has 264 valence electrons. The molecular formula is C38H48ClN3O5S2. The van der Waals surface area contributed by atoms with Crippen LogP contribution in [-0.4, -0.2) is 48.9 Å². The molecule has 11 heteroatoms. The highest BCUT2D eigenvalue weighted by molar-refractivity contribution is 7.90. The van der Waals surface area contributed by atoms with Gasteiger partial charge in [0, 0.05) is 41.7 Å². The molecule has 1 aromatic heterocycles. The minimum Gasteiger partial charge on any atom is -0.487 e. The number of anilines is 1. The van der Waals surface area contributed by atoms with E-state index in [0.717, 1.165) is 68.3 Å². The molecule has 0 spiro atoms. The minimum absolute atomic E-state index is 0.156. The molecule has 1 saturated carbocycles. The summed E-state index contributed by atoms with van der Waals surface area (Å²) in [5, 5.41) is 13.4. The van der Waals surface area contributed by atoms with E-state index in [1.165, 1.54) is 11.3 Å². The summed E-state index contributed by atoms with van der Waals surface area (Å²) in [5.74, 6) is 0.362. The molecule has 0 saturated heterocycles. The normalized spacial score (nSPS) is 19.4. The van der Waals surface area contributed by atoms with E-state index in [4.69, 9.17) is 16.3 Å². The number of unbranched alkanes of at least 4 members (excludes halogenated alkanes) is 1. The van der Waals surface area contributed by atoms with Crippen molar-refractivity contribution >= 4 is 44.6 Å². The van der Waals surface area contributed by atoms with Gasteiger partial charge in [0.05, 0.1) is 22.0 Å². The number of aliphatic hydroxyl groups is 1. The molecular weight excluding hydrogens is 678 g/mol. The number of allylic oxidation sites excluding steroid dienone is 2. The molecule has 3 aromatic rings. The predicted molar refractivity (Wildman–Crippen MR) is 199 cm³/mol. The van der Waals surface area contributed by atoms with E-state index < -0.39 is 27.3 Å². The van der Waals surface area contributed by atoms with Gasteiger partial charge in [0.15, 0.2) is 0 Å². The van der Waals surface area contributed by atoms with Crippen LogP contribution in [0.4, 0.5) is 5.69 Å². The molecule has 49 heavy (non-hydrogen) atoms. The highest BCUT2D eigenvalue weighted by atomic mass is 35.5. The largest absolute Gasteiger partial charge is 0.487 e. The van der Waals surface area contributed by atoms with Gasteiger partial charge in [-0.3, -0.25) is 4.79 Å². The van der Waals surface area contributed by atoms with Crippen LogP contribution >= 0.6 is 22.9 Å². The van der Waals surface area contributed by atoms with Gasteiger partial charge in [0.25, 0.3) is 5.91 Å². The second kappa shape index (κ2) is 17.7. The van der Waals surface area contributed by atoms with Crippen molar-refractivity contribution in [2.75, 3.05) is 18.0 Å². The number of aromatic nitrogens is 1. The van der Waals surface area contributed by atoms with E-state index >= 15 is 0 Å². The van der Waals surface area contributed by atoms with E-state index in [1.54, 1.807) is 30.5 Å². The number of halogens is 1. The van der Waals surface area contributed by atoms with Gasteiger partial charge in [-0.15, -0.1) is 17.9 Å². The molecule has 2 N–H and O–H groups in total. The Morgan fingerprint density at radius 2 is 2.06 bits per heavy atom. The van der Waals surface area contributed by atoms with Gasteiger partial charge in [-0.1, -0.05) is 49.2 Å². The molecule has 1 aliphatic heterocycles. The first-order valence-corrected chi connectivity index (χ1v) is 20.2. The molecule has 0 radical (unpaired) electrons. The Morgan fingerprint density at radius 1 is 1.20 bits per heavy atom. The van der Waals surface area contributed by atoms with E-state index in [0.29, 0.717) is 41.8 Å². The summed E-state index contributed by atoms with van der Waals surface area (Å²) in [6.07, 6.45) is 14.5. The highest BCUT2D eigenvalue weighted by Crippen LogP contribution is 2.41. The molecule has 2 heterocycles. The number of nitrogens with zero attached hydrogens (tertiary/aromatic N) is 2. The average molecular weight is 726 g/mol. The molecule has 0 bridgehead atoms. The molecule has 4 atom stereocenters. The van der Waals surface area contributed by atoms with Crippen molar-refractivity contribution in [2.24, 2.45) is 11.8 Å². The molecule has 1 fully saturated rings. The Morgan fingerprint density at radius 3 is 2.80 bits per heavy atom. The zero-order valence-electron chi connectivity index (χ0n) is 28.2. The third kappa shape index (κ3) is 9.96. The monoisotopic (exact) mass is 725 g/mol. The standard InChI is InChI=1S/C38H48ClN3O5S2/c1-3-5-7-12-35(43)33-17-14-29(33)25-42-20-9-8-10-27-22-31(39)16-13-30(27)26-47-36-18-15-28(23-34(36)42)38(44)41-49(45,46)32(11-6-4-2)24-37-40-19-21-48-37/h4,7,12-13,15-16,18-19,21-23,29,32-33,35,43H,2-3,5-6,8-11,14,17,20,24-26H2,1H3,(H,41,44)/b12-7+/t29-,32+,33-,35-/m0/s1. The summed E-state index contributed by atoms with van der Waals surface area (Å²) in [5.41, 5.74) is 3.20. The first-order valence-electron chi connectivity index (χ1n) is 17.4. The van der Waals surface area contributed by atoms with Crippen molar-refractivity contribution in [1.29, 1.82) is 0 Å². The number of nitrogens with one attached hydrogen (secondary N) is 1. The van der Waals surface area contributed by atoms with E-state index in [2.05, 4.69) is 34.2 Å². The van der Waals surface area contributed by atoms with Crippen molar-refractivity contribution in [3.05, 3.63) is 99.5 Å². The average Bonchev–Trinajstić information content (AvgIpc) is 3.57. The van der Waals surface area contributed by atoms with Crippen LogP contribution in [0.3, 0.4) is 0 Å². The van der Waals surface area contributed by atoms with Crippen LogP contribution in [0, 0.1) is 11.8 Å². The number of benzene rings is 2. The van der Waals surface area contributed by atoms with Gasteiger partial charge in [-0.2, -0.15) is 0 Å². The summed E-state index contributed by atoms with van der Waals surface area (Å²) >= 11 is 7.74. The number of hydrogen-bond donors (Lipinski definition) is 2.